The number of hydrogen-bond donors (Lipinski definition) is 0. The fraction of sp³-hybridized carbons (Fsp3) is 0.0426. The minimum Gasteiger partial charge on any atom is -0.423 e. The van der Waals surface area contributed by atoms with Gasteiger partial charge in [-0.2, -0.15) is 5.26 Å². The molecule has 0 radical (unpaired) electrons. The molecule has 280 valence electrons. The third-order valence-corrected chi connectivity index (χ3v) is 8.95. The summed E-state index contributed by atoms with van der Waals surface area (Å²) in [5.74, 6) is -0.588. The summed E-state index contributed by atoms with van der Waals surface area (Å²) in [6, 6.07) is 46.8. The summed E-state index contributed by atoms with van der Waals surface area (Å²) >= 11 is 0. The van der Waals surface area contributed by atoms with Gasteiger partial charge >= 0.3 is 11.9 Å². The molecule has 6 aromatic carbocycles. The van der Waals surface area contributed by atoms with Crippen LogP contribution in [0, 0.1) is 21.4 Å². The van der Waals surface area contributed by atoms with E-state index in [-0.39, 0.29) is 17.0 Å². The number of esters is 2. The van der Waals surface area contributed by atoms with Crippen molar-refractivity contribution in [2.45, 2.75) is 6.42 Å². The second-order valence-electron chi connectivity index (χ2n) is 12.8. The van der Waals surface area contributed by atoms with Crippen molar-refractivity contribution in [1.82, 2.24) is 0 Å². The minimum atomic E-state index is -0.810. The summed E-state index contributed by atoms with van der Waals surface area (Å²) in [6.45, 7) is 6.84. The largest absolute Gasteiger partial charge is 0.423 e. The zero-order valence-corrected chi connectivity index (χ0v) is 30.9. The molecule has 6 aromatic rings. The van der Waals surface area contributed by atoms with Crippen LogP contribution in [0.1, 0.15) is 22.3 Å². The van der Waals surface area contributed by atoms with E-state index in [1.54, 1.807) is 42.5 Å². The molecule has 0 spiro atoms. The number of hydrogen-bond acceptors (Lipinski definition) is 9. The maximum Gasteiger partial charge on any atom is 0.353 e. The molecule has 0 aliphatic heterocycles. The predicted octanol–water partition coefficient (Wildman–Crippen LogP) is 10.7. The first-order valence-corrected chi connectivity index (χ1v) is 17.7. The fourth-order valence-corrected chi connectivity index (χ4v) is 5.84. The van der Waals surface area contributed by atoms with Gasteiger partial charge in [0.15, 0.2) is 0 Å². The molecule has 10 heteroatoms. The van der Waals surface area contributed by atoms with E-state index in [2.05, 4.69) is 18.1 Å². The molecule has 0 aromatic heterocycles. The third kappa shape index (κ3) is 9.94. The lowest BCUT2D eigenvalue weighted by Crippen LogP contribution is -2.11. The van der Waals surface area contributed by atoms with E-state index < -0.39 is 16.9 Å². The molecule has 0 atom stereocenters. The Labute approximate surface area is 330 Å². The highest BCUT2D eigenvalue weighted by Crippen LogP contribution is 2.36. The average molecular weight is 753 g/mol. The predicted molar refractivity (Wildman–Crippen MR) is 223 cm³/mol. The van der Waals surface area contributed by atoms with Crippen LogP contribution in [0.25, 0.3) is 12.2 Å². The van der Waals surface area contributed by atoms with Crippen LogP contribution in [0.3, 0.4) is 0 Å². The second kappa shape index (κ2) is 17.9. The highest BCUT2D eigenvalue weighted by Gasteiger charge is 2.15. The van der Waals surface area contributed by atoms with Crippen LogP contribution >= 0.6 is 0 Å². The van der Waals surface area contributed by atoms with Gasteiger partial charge in [-0.3, -0.25) is 10.1 Å². The number of rotatable bonds is 14. The number of nitrogens with zero attached hydrogens (tertiary/aromatic N) is 4. The summed E-state index contributed by atoms with van der Waals surface area (Å²) in [6.07, 6.45) is 5.82. The summed E-state index contributed by atoms with van der Waals surface area (Å²) in [5, 5.41) is 20.1. The summed E-state index contributed by atoms with van der Waals surface area (Å²) in [4.78, 5) is 38.4. The normalized spacial score (nSPS) is 10.6. The molecule has 0 amide bonds. The molecule has 0 aliphatic carbocycles. The van der Waals surface area contributed by atoms with E-state index in [9.17, 15) is 19.7 Å². The van der Waals surface area contributed by atoms with Crippen molar-refractivity contribution >= 4 is 58.2 Å². The van der Waals surface area contributed by atoms with Crippen LogP contribution in [-0.2, 0) is 16.0 Å². The molecular weight excluding hydrogens is 717 g/mol. The van der Waals surface area contributed by atoms with Crippen LogP contribution in [0.5, 0.6) is 11.5 Å². The van der Waals surface area contributed by atoms with Crippen molar-refractivity contribution in [3.63, 3.8) is 0 Å². The van der Waals surface area contributed by atoms with Gasteiger partial charge in [-0.15, -0.1) is 0 Å². The zero-order chi connectivity index (χ0) is 40.3. The first-order chi connectivity index (χ1) is 27.6. The van der Waals surface area contributed by atoms with Crippen molar-refractivity contribution in [3.05, 3.63) is 203 Å². The number of benzene rings is 6. The number of nitro groups is 1. The van der Waals surface area contributed by atoms with E-state index in [1.807, 2.05) is 121 Å². The number of nitriles is 1. The number of ether oxygens (including phenoxy) is 2. The van der Waals surface area contributed by atoms with E-state index in [0.29, 0.717) is 12.2 Å². The number of non-ortho nitro benzene ring substituents is 1. The van der Waals surface area contributed by atoms with E-state index in [0.717, 1.165) is 56.8 Å². The van der Waals surface area contributed by atoms with Crippen LogP contribution in [0.2, 0.25) is 0 Å². The SMILES string of the molecule is C=CC(=O)Oc1ccc(N(C)c2ccc(C=Cc3ccc(N(c4ccc(Cc5ccc([N+](=O)[O-])cc5)cc4)c4ccc(OC(=O)C(=C)C#N)cc4)cc3)cc2)cc1. The molecule has 0 fully saturated rings. The van der Waals surface area contributed by atoms with Crippen molar-refractivity contribution < 1.29 is 24.0 Å². The molecule has 0 bridgehead atoms. The standard InChI is InChI=1S/C47H36N4O6/c1-4-46(52)56-44-27-23-39(24-28-44)49(3)38-15-7-34(8-16-38)5-6-35-9-17-40(18-10-35)50(42-25-29-45(30-26-42)57-47(53)33(2)32-48)41-19-11-36(12-20-41)31-37-13-21-43(22-14-37)51(54)55/h4-30H,1-2,31H2,3H3. The Morgan fingerprint density at radius 1 is 0.667 bits per heavy atom. The van der Waals surface area contributed by atoms with Gasteiger partial charge < -0.3 is 19.3 Å². The fourth-order valence-electron chi connectivity index (χ4n) is 5.84. The summed E-state index contributed by atoms with van der Waals surface area (Å²) in [5.41, 5.74) is 8.27. The molecule has 10 nitrogen and oxygen atoms in total. The van der Waals surface area contributed by atoms with Gasteiger partial charge in [-0.05, 0) is 114 Å². The minimum absolute atomic E-state index is 0.0522. The van der Waals surface area contributed by atoms with Crippen LogP contribution in [0.4, 0.5) is 34.1 Å². The second-order valence-corrected chi connectivity index (χ2v) is 12.8. The van der Waals surface area contributed by atoms with Crippen LogP contribution < -0.4 is 19.3 Å². The maximum absolute atomic E-state index is 12.1. The first kappa shape index (κ1) is 38.7. The Kier molecular flexibility index (Phi) is 12.1. The van der Waals surface area contributed by atoms with Crippen molar-refractivity contribution in [2.75, 3.05) is 16.8 Å². The lowest BCUT2D eigenvalue weighted by Gasteiger charge is -2.26. The monoisotopic (exact) mass is 752 g/mol. The Morgan fingerprint density at radius 3 is 1.53 bits per heavy atom. The van der Waals surface area contributed by atoms with E-state index in [1.165, 1.54) is 12.1 Å². The van der Waals surface area contributed by atoms with Crippen LogP contribution in [-0.4, -0.2) is 23.9 Å². The Morgan fingerprint density at radius 2 is 1.07 bits per heavy atom. The van der Waals surface area contributed by atoms with Gasteiger partial charge in [0.2, 0.25) is 0 Å². The molecule has 0 unspecified atom stereocenters. The molecule has 0 saturated carbocycles. The van der Waals surface area contributed by atoms with Gasteiger partial charge in [0, 0.05) is 53.7 Å². The van der Waals surface area contributed by atoms with Gasteiger partial charge in [0.25, 0.3) is 5.69 Å². The Hall–Kier alpha value is -8.03. The number of anilines is 5. The van der Waals surface area contributed by atoms with Gasteiger partial charge in [0.05, 0.1) is 4.92 Å². The zero-order valence-electron chi connectivity index (χ0n) is 30.9. The van der Waals surface area contributed by atoms with Crippen molar-refractivity contribution in [3.8, 4) is 17.6 Å². The quantitative estimate of drug-likeness (QED) is 0.0203. The molecule has 57 heavy (non-hydrogen) atoms. The van der Waals surface area contributed by atoms with Crippen molar-refractivity contribution in [2.24, 2.45) is 0 Å². The molecule has 6 rings (SSSR count). The molecular formula is C47H36N4O6. The van der Waals surface area contributed by atoms with E-state index >= 15 is 0 Å². The Bertz CT molecular complexity index is 2470. The highest BCUT2D eigenvalue weighted by atomic mass is 16.6. The first-order valence-electron chi connectivity index (χ1n) is 17.7. The molecule has 0 N–H and O–H groups in total. The van der Waals surface area contributed by atoms with Crippen LogP contribution in [0.15, 0.2) is 170 Å². The average Bonchev–Trinajstić information content (AvgIpc) is 3.24. The number of carbonyl (C=O) groups excluding carboxylic acids is 2. The van der Waals surface area contributed by atoms with Crippen molar-refractivity contribution in [1.29, 1.82) is 5.26 Å². The molecule has 0 saturated heterocycles. The third-order valence-electron chi connectivity index (χ3n) is 8.95. The highest BCUT2D eigenvalue weighted by molar-refractivity contribution is 5.93. The number of nitro benzene ring substituents is 1. The lowest BCUT2D eigenvalue weighted by atomic mass is 10.0. The number of carbonyl (C=O) groups is 2. The van der Waals surface area contributed by atoms with Gasteiger partial charge in [-0.25, -0.2) is 9.59 Å². The maximum atomic E-state index is 12.1. The lowest BCUT2D eigenvalue weighted by molar-refractivity contribution is -0.384. The van der Waals surface area contributed by atoms with Gasteiger partial charge in [0.1, 0.15) is 23.1 Å². The van der Waals surface area contributed by atoms with Gasteiger partial charge in [-0.1, -0.05) is 73.8 Å². The summed E-state index contributed by atoms with van der Waals surface area (Å²) < 4.78 is 10.5. The molecule has 0 aliphatic rings. The molecule has 0 heterocycles. The smallest absolute Gasteiger partial charge is 0.353 e. The van der Waals surface area contributed by atoms with E-state index in [4.69, 9.17) is 14.7 Å². The Balaban J connectivity index is 1.18. The topological polar surface area (TPSA) is 126 Å². The summed E-state index contributed by atoms with van der Waals surface area (Å²) in [7, 11) is 1.97.